The van der Waals surface area contributed by atoms with E-state index in [1.807, 2.05) is 0 Å². The lowest BCUT2D eigenvalue weighted by Gasteiger charge is -2.09. The van der Waals surface area contributed by atoms with Crippen LogP contribution in [0.5, 0.6) is 0 Å². The Kier molecular flexibility index (Phi) is 3.15. The predicted molar refractivity (Wildman–Crippen MR) is 36.5 cm³/mol. The molecule has 1 fully saturated rings. The van der Waals surface area contributed by atoms with Gasteiger partial charge in [0.15, 0.2) is 0 Å². The third-order valence-corrected chi connectivity index (χ3v) is 1.19. The minimum absolute atomic E-state index is 0.778. The molecule has 1 N–H and O–H groups in total. The summed E-state index contributed by atoms with van der Waals surface area (Å²) in [5.41, 5.74) is 0. The normalized spacial score (nSPS) is 21.3. The summed E-state index contributed by atoms with van der Waals surface area (Å²) in [6.07, 6.45) is 4.14. The first-order valence-corrected chi connectivity index (χ1v) is 3.34. The highest BCUT2D eigenvalue weighted by molar-refractivity contribution is 5.57. The molecule has 2 aliphatic heterocycles. The van der Waals surface area contributed by atoms with Crippen LogP contribution in [0.25, 0.3) is 0 Å². The van der Waals surface area contributed by atoms with Gasteiger partial charge < -0.3 is 10.2 Å². The summed E-state index contributed by atoms with van der Waals surface area (Å²) in [5.74, 6) is 0. The molecule has 1 saturated heterocycles. The zero-order valence-corrected chi connectivity index (χ0v) is 5.47. The maximum absolute atomic E-state index is 4.51. The standard InChI is InChI=1S/C3H5NO.C3H7N/c1-2-4-5-3-1;1-2-4-3-1/h2H,1,3H2;4H,1-3H2. The average Bonchev–Trinajstić information content (AvgIpc) is 2.07. The molecule has 2 aliphatic rings. The maximum atomic E-state index is 4.51. The van der Waals surface area contributed by atoms with E-state index in [1.165, 1.54) is 19.5 Å². The summed E-state index contributed by atoms with van der Waals surface area (Å²) in [6.45, 7) is 3.28. The van der Waals surface area contributed by atoms with Crippen LogP contribution >= 0.6 is 0 Å². The van der Waals surface area contributed by atoms with E-state index < -0.39 is 0 Å². The van der Waals surface area contributed by atoms with E-state index in [9.17, 15) is 0 Å². The molecule has 0 unspecified atom stereocenters. The Bertz CT molecular complexity index is 79.1. The molecule has 0 atom stereocenters. The second kappa shape index (κ2) is 4.32. The Morgan fingerprint density at radius 1 is 1.44 bits per heavy atom. The molecule has 0 radical (unpaired) electrons. The summed E-state index contributed by atoms with van der Waals surface area (Å²) >= 11 is 0. The van der Waals surface area contributed by atoms with Gasteiger partial charge in [0.2, 0.25) is 0 Å². The van der Waals surface area contributed by atoms with Gasteiger partial charge in [-0.3, -0.25) is 0 Å². The van der Waals surface area contributed by atoms with Crippen LogP contribution in [-0.4, -0.2) is 25.9 Å². The molecule has 3 heteroatoms. The van der Waals surface area contributed by atoms with Gasteiger partial charge in [-0.05, 0) is 19.5 Å². The van der Waals surface area contributed by atoms with Crippen LogP contribution in [0.2, 0.25) is 0 Å². The highest BCUT2D eigenvalue weighted by Gasteiger charge is 1.92. The van der Waals surface area contributed by atoms with E-state index in [4.69, 9.17) is 0 Å². The van der Waals surface area contributed by atoms with Crippen molar-refractivity contribution in [3.63, 3.8) is 0 Å². The Morgan fingerprint density at radius 3 is 2.22 bits per heavy atom. The topological polar surface area (TPSA) is 33.6 Å². The Labute approximate surface area is 55.1 Å². The van der Waals surface area contributed by atoms with Crippen molar-refractivity contribution in [2.45, 2.75) is 12.8 Å². The third kappa shape index (κ3) is 3.08. The van der Waals surface area contributed by atoms with Crippen molar-refractivity contribution in [1.29, 1.82) is 0 Å². The first kappa shape index (κ1) is 6.55. The first-order chi connectivity index (χ1) is 4.50. The van der Waals surface area contributed by atoms with E-state index >= 15 is 0 Å². The smallest absolute Gasteiger partial charge is 0.122 e. The molecule has 0 aromatic heterocycles. The van der Waals surface area contributed by atoms with Gasteiger partial charge in [-0.15, -0.1) is 0 Å². The monoisotopic (exact) mass is 128 g/mol. The molecule has 0 aromatic carbocycles. The predicted octanol–water partition coefficient (Wildman–Crippen LogP) is 0.372. The van der Waals surface area contributed by atoms with Gasteiger partial charge in [-0.1, -0.05) is 5.16 Å². The molecule has 0 bridgehead atoms. The highest BCUT2D eigenvalue weighted by atomic mass is 16.6. The number of rotatable bonds is 0. The van der Waals surface area contributed by atoms with Crippen molar-refractivity contribution in [2.24, 2.45) is 5.16 Å². The minimum Gasteiger partial charge on any atom is -0.396 e. The lowest BCUT2D eigenvalue weighted by atomic mass is 10.3. The van der Waals surface area contributed by atoms with Crippen LogP contribution in [0.4, 0.5) is 0 Å². The second-order valence-electron chi connectivity index (χ2n) is 2.01. The molecule has 9 heavy (non-hydrogen) atoms. The molecule has 0 aliphatic carbocycles. The number of hydrogen-bond donors (Lipinski definition) is 1. The zero-order valence-electron chi connectivity index (χ0n) is 5.47. The minimum atomic E-state index is 0.778. The van der Waals surface area contributed by atoms with E-state index in [-0.39, 0.29) is 0 Å². The van der Waals surface area contributed by atoms with Crippen molar-refractivity contribution >= 4 is 6.21 Å². The Morgan fingerprint density at radius 2 is 2.11 bits per heavy atom. The molecule has 2 rings (SSSR count). The molecule has 0 saturated carbocycles. The lowest BCUT2D eigenvalue weighted by molar-refractivity contribution is 0.174. The average molecular weight is 128 g/mol. The molecule has 2 heterocycles. The lowest BCUT2D eigenvalue weighted by Crippen LogP contribution is -2.29. The molecule has 3 nitrogen and oxygen atoms in total. The molecule has 0 aromatic rings. The molecule has 0 amide bonds. The van der Waals surface area contributed by atoms with Gasteiger partial charge in [0, 0.05) is 12.6 Å². The fourth-order valence-corrected chi connectivity index (χ4v) is 0.440. The van der Waals surface area contributed by atoms with E-state index in [2.05, 4.69) is 15.3 Å². The molecule has 52 valence electrons. The zero-order chi connectivity index (χ0) is 6.36. The van der Waals surface area contributed by atoms with Crippen LogP contribution in [0.3, 0.4) is 0 Å². The van der Waals surface area contributed by atoms with Crippen molar-refractivity contribution in [3.05, 3.63) is 0 Å². The van der Waals surface area contributed by atoms with Gasteiger partial charge in [-0.2, -0.15) is 0 Å². The SMILES string of the molecule is C1=NOCC1.C1CNC1. The summed E-state index contributed by atoms with van der Waals surface area (Å²) < 4.78 is 0. The fraction of sp³-hybridized carbons (Fsp3) is 0.833. The number of hydrogen-bond acceptors (Lipinski definition) is 3. The fourth-order valence-electron chi connectivity index (χ4n) is 0.440. The third-order valence-electron chi connectivity index (χ3n) is 1.19. The summed E-state index contributed by atoms with van der Waals surface area (Å²) in [4.78, 5) is 4.51. The Balaban J connectivity index is 0.0000000922. The number of nitrogens with zero attached hydrogens (tertiary/aromatic N) is 1. The van der Waals surface area contributed by atoms with Crippen molar-refractivity contribution in [1.82, 2.24) is 5.32 Å². The van der Waals surface area contributed by atoms with Crippen molar-refractivity contribution < 1.29 is 4.84 Å². The van der Waals surface area contributed by atoms with Crippen LogP contribution in [0, 0.1) is 0 Å². The Hall–Kier alpha value is -0.570. The molecular weight excluding hydrogens is 116 g/mol. The van der Waals surface area contributed by atoms with Crippen LogP contribution in [0.1, 0.15) is 12.8 Å². The second-order valence-corrected chi connectivity index (χ2v) is 2.01. The van der Waals surface area contributed by atoms with Gasteiger partial charge in [0.05, 0.1) is 0 Å². The van der Waals surface area contributed by atoms with Crippen molar-refractivity contribution in [2.75, 3.05) is 19.7 Å². The van der Waals surface area contributed by atoms with Crippen molar-refractivity contribution in [3.8, 4) is 0 Å². The van der Waals surface area contributed by atoms with Crippen LogP contribution in [-0.2, 0) is 4.84 Å². The van der Waals surface area contributed by atoms with Crippen LogP contribution < -0.4 is 5.32 Å². The number of oxime groups is 1. The van der Waals surface area contributed by atoms with Gasteiger partial charge in [0.25, 0.3) is 0 Å². The quantitative estimate of drug-likeness (QED) is 0.511. The highest BCUT2D eigenvalue weighted by Crippen LogP contribution is 1.86. The van der Waals surface area contributed by atoms with E-state index in [0.29, 0.717) is 0 Å². The number of nitrogens with one attached hydrogen (secondary N) is 1. The van der Waals surface area contributed by atoms with Gasteiger partial charge in [-0.25, -0.2) is 0 Å². The molecular formula is C6H12N2O. The van der Waals surface area contributed by atoms with E-state index in [0.717, 1.165) is 13.0 Å². The van der Waals surface area contributed by atoms with Crippen LogP contribution in [0.15, 0.2) is 5.16 Å². The summed E-state index contributed by atoms with van der Waals surface area (Å²) in [7, 11) is 0. The first-order valence-electron chi connectivity index (χ1n) is 3.34. The summed E-state index contributed by atoms with van der Waals surface area (Å²) in [5, 5.41) is 6.57. The maximum Gasteiger partial charge on any atom is 0.122 e. The molecule has 0 spiro atoms. The van der Waals surface area contributed by atoms with E-state index in [1.54, 1.807) is 6.21 Å². The largest absolute Gasteiger partial charge is 0.396 e. The summed E-state index contributed by atoms with van der Waals surface area (Å²) in [6, 6.07) is 0. The van der Waals surface area contributed by atoms with Gasteiger partial charge >= 0.3 is 0 Å². The van der Waals surface area contributed by atoms with Gasteiger partial charge in [0.1, 0.15) is 6.61 Å².